The van der Waals surface area contributed by atoms with E-state index in [2.05, 4.69) is 30.3 Å². The molecule has 0 atom stereocenters. The van der Waals surface area contributed by atoms with Gasteiger partial charge in [-0.25, -0.2) is 4.98 Å². The van der Waals surface area contributed by atoms with E-state index in [0.717, 1.165) is 33.5 Å². The lowest BCUT2D eigenvalue weighted by molar-refractivity contribution is 0.415. The van der Waals surface area contributed by atoms with Gasteiger partial charge in [0.05, 0.1) is 25.3 Å². The summed E-state index contributed by atoms with van der Waals surface area (Å²) < 4.78 is 11.1. The van der Waals surface area contributed by atoms with E-state index in [9.17, 15) is 0 Å². The minimum absolute atomic E-state index is 0.821. The number of hydrogen-bond donors (Lipinski definition) is 0. The molecule has 0 saturated heterocycles. The fourth-order valence-corrected chi connectivity index (χ4v) is 4.74. The Kier molecular flexibility index (Phi) is 3.15. The van der Waals surface area contributed by atoms with Gasteiger partial charge in [-0.2, -0.15) is 0 Å². The van der Waals surface area contributed by atoms with Crippen molar-refractivity contribution in [1.82, 2.24) is 4.98 Å². The largest absolute Gasteiger partial charge is 0.497 e. The summed E-state index contributed by atoms with van der Waals surface area (Å²) in [5, 5.41) is 2.31. The summed E-state index contributed by atoms with van der Waals surface area (Å²) in [6, 6.07) is 18.6. The Morgan fingerprint density at radius 2 is 1.76 bits per heavy atom. The normalized spacial score (nSPS) is 12.2. The van der Waals surface area contributed by atoms with Crippen LogP contribution in [0.5, 0.6) is 11.5 Å². The predicted molar refractivity (Wildman–Crippen MR) is 102 cm³/mol. The lowest BCUT2D eigenvalue weighted by atomic mass is 9.97. The van der Waals surface area contributed by atoms with E-state index in [-0.39, 0.29) is 0 Å². The minimum Gasteiger partial charge on any atom is -0.497 e. The van der Waals surface area contributed by atoms with Crippen LogP contribution in [-0.4, -0.2) is 19.2 Å². The smallest absolute Gasteiger partial charge is 0.127 e. The highest BCUT2D eigenvalue weighted by molar-refractivity contribution is 8.00. The van der Waals surface area contributed by atoms with Crippen molar-refractivity contribution in [2.24, 2.45) is 0 Å². The van der Waals surface area contributed by atoms with Crippen LogP contribution in [0.4, 0.5) is 0 Å². The molecular weight excluding hydrogens is 330 g/mol. The number of ether oxygens (including phenoxy) is 2. The molecule has 1 aliphatic heterocycles. The van der Waals surface area contributed by atoms with Crippen molar-refractivity contribution >= 4 is 33.6 Å². The second kappa shape index (κ2) is 5.39. The van der Waals surface area contributed by atoms with E-state index < -0.39 is 0 Å². The van der Waals surface area contributed by atoms with Crippen LogP contribution in [-0.2, 0) is 0 Å². The van der Waals surface area contributed by atoms with Gasteiger partial charge in [-0.05, 0) is 30.3 Å². The Bertz CT molecular complexity index is 1150. The van der Waals surface area contributed by atoms with Gasteiger partial charge in [-0.3, -0.25) is 0 Å². The number of fused-ring (bicyclic) bond motifs is 4. The van der Waals surface area contributed by atoms with Crippen molar-refractivity contribution in [3.8, 4) is 22.6 Å². The fourth-order valence-electron chi connectivity index (χ4n) is 3.50. The van der Waals surface area contributed by atoms with Gasteiger partial charge < -0.3 is 9.47 Å². The number of benzene rings is 3. The van der Waals surface area contributed by atoms with Gasteiger partial charge in [0.25, 0.3) is 0 Å². The monoisotopic (exact) mass is 345 g/mol. The Morgan fingerprint density at radius 3 is 2.60 bits per heavy atom. The van der Waals surface area contributed by atoms with Crippen molar-refractivity contribution in [2.45, 2.75) is 9.79 Å². The number of hydrogen-bond acceptors (Lipinski definition) is 4. The zero-order valence-electron chi connectivity index (χ0n) is 13.9. The van der Waals surface area contributed by atoms with Crippen molar-refractivity contribution in [3.63, 3.8) is 0 Å². The second-order valence-electron chi connectivity index (χ2n) is 5.96. The van der Waals surface area contributed by atoms with E-state index in [1.165, 1.54) is 20.7 Å². The number of nitrogens with zero attached hydrogens (tertiary/aromatic N) is 1. The summed E-state index contributed by atoms with van der Waals surface area (Å²) in [6.07, 6.45) is 0. The molecule has 3 aromatic carbocycles. The van der Waals surface area contributed by atoms with Crippen LogP contribution >= 0.6 is 11.8 Å². The van der Waals surface area contributed by atoms with Crippen LogP contribution in [0.2, 0.25) is 0 Å². The molecule has 1 aliphatic rings. The number of methoxy groups -OCH3 is 2. The molecule has 0 saturated carbocycles. The molecule has 4 aromatic rings. The van der Waals surface area contributed by atoms with Crippen molar-refractivity contribution in [2.75, 3.05) is 14.2 Å². The second-order valence-corrected chi connectivity index (χ2v) is 7.01. The molecule has 0 amide bonds. The molecule has 0 bridgehead atoms. The molecule has 5 rings (SSSR count). The summed E-state index contributed by atoms with van der Waals surface area (Å²) >= 11 is 1.80. The highest BCUT2D eigenvalue weighted by atomic mass is 32.2. The molecule has 0 radical (unpaired) electrons. The number of aromatic nitrogens is 1. The molecule has 4 heteroatoms. The molecule has 0 spiro atoms. The first-order valence-corrected chi connectivity index (χ1v) is 8.87. The highest BCUT2D eigenvalue weighted by Gasteiger charge is 2.25. The third-order valence-corrected chi connectivity index (χ3v) is 5.86. The molecule has 2 heterocycles. The van der Waals surface area contributed by atoms with Crippen LogP contribution in [0, 0.1) is 0 Å². The third kappa shape index (κ3) is 2.04. The Morgan fingerprint density at radius 1 is 0.880 bits per heavy atom. The molecule has 3 nitrogen and oxygen atoms in total. The highest BCUT2D eigenvalue weighted by Crippen LogP contribution is 2.52. The average Bonchev–Trinajstić information content (AvgIpc) is 2.67. The number of pyridine rings is 1. The standard InChI is InChI=1S/C21H15NO2S/c1-23-12-7-8-13-16(11-12)22-15-9-10-17(24-2)19-14-5-3-4-6-18(14)25-21(13)20(15)19/h3-11H,1-2H3. The van der Waals surface area contributed by atoms with Gasteiger partial charge in [0.1, 0.15) is 11.5 Å². The van der Waals surface area contributed by atoms with Crippen LogP contribution < -0.4 is 9.47 Å². The van der Waals surface area contributed by atoms with Gasteiger partial charge in [-0.1, -0.05) is 30.0 Å². The molecule has 0 fully saturated rings. The quantitative estimate of drug-likeness (QED) is 0.393. The summed E-state index contributed by atoms with van der Waals surface area (Å²) in [7, 11) is 3.40. The van der Waals surface area contributed by atoms with E-state index in [4.69, 9.17) is 14.5 Å². The van der Waals surface area contributed by atoms with Crippen LogP contribution in [0.1, 0.15) is 0 Å². The van der Waals surface area contributed by atoms with E-state index in [1.54, 1.807) is 26.0 Å². The maximum absolute atomic E-state index is 5.68. The van der Waals surface area contributed by atoms with E-state index >= 15 is 0 Å². The minimum atomic E-state index is 0.821. The Hall–Kier alpha value is -2.72. The molecule has 0 aliphatic carbocycles. The number of rotatable bonds is 2. The van der Waals surface area contributed by atoms with E-state index in [1.807, 2.05) is 24.3 Å². The molecule has 0 N–H and O–H groups in total. The topological polar surface area (TPSA) is 31.4 Å². The van der Waals surface area contributed by atoms with Gasteiger partial charge in [0.15, 0.2) is 0 Å². The summed E-state index contributed by atoms with van der Waals surface area (Å²) in [4.78, 5) is 7.36. The first kappa shape index (κ1) is 14.6. The lowest BCUT2D eigenvalue weighted by Crippen LogP contribution is -1.99. The predicted octanol–water partition coefficient (Wildman–Crippen LogP) is 5.54. The van der Waals surface area contributed by atoms with Gasteiger partial charge in [-0.15, -0.1) is 0 Å². The average molecular weight is 345 g/mol. The summed E-state index contributed by atoms with van der Waals surface area (Å²) in [5.74, 6) is 1.71. The van der Waals surface area contributed by atoms with Crippen molar-refractivity contribution in [3.05, 3.63) is 54.6 Å². The maximum atomic E-state index is 5.68. The third-order valence-electron chi connectivity index (χ3n) is 4.65. The van der Waals surface area contributed by atoms with Crippen LogP contribution in [0.25, 0.3) is 32.9 Å². The Labute approximate surface area is 149 Å². The van der Waals surface area contributed by atoms with Crippen LogP contribution in [0.15, 0.2) is 64.4 Å². The molecule has 25 heavy (non-hydrogen) atoms. The van der Waals surface area contributed by atoms with Gasteiger partial charge in [0, 0.05) is 37.8 Å². The van der Waals surface area contributed by atoms with Crippen LogP contribution in [0.3, 0.4) is 0 Å². The van der Waals surface area contributed by atoms with E-state index in [0.29, 0.717) is 0 Å². The van der Waals surface area contributed by atoms with Gasteiger partial charge >= 0.3 is 0 Å². The van der Waals surface area contributed by atoms with Crippen molar-refractivity contribution in [1.29, 1.82) is 0 Å². The molecule has 122 valence electrons. The lowest BCUT2D eigenvalue weighted by Gasteiger charge is -2.23. The van der Waals surface area contributed by atoms with Crippen molar-refractivity contribution < 1.29 is 9.47 Å². The zero-order valence-corrected chi connectivity index (χ0v) is 14.7. The summed E-state index contributed by atoms with van der Waals surface area (Å²) in [5.41, 5.74) is 4.27. The zero-order chi connectivity index (χ0) is 17.0. The molecular formula is C21H15NO2S. The summed E-state index contributed by atoms with van der Waals surface area (Å²) in [6.45, 7) is 0. The van der Waals surface area contributed by atoms with Gasteiger partial charge in [0.2, 0.25) is 0 Å². The first-order chi connectivity index (χ1) is 12.3. The molecule has 1 aromatic heterocycles. The fraction of sp³-hybridized carbons (Fsp3) is 0.0952. The SMILES string of the molecule is COc1ccc2c3c4c(c(OC)ccc4nc2c1)-c1ccccc1S3. The first-order valence-electron chi connectivity index (χ1n) is 8.06. The molecule has 0 unspecified atom stereocenters. The Balaban J connectivity index is 1.98. The maximum Gasteiger partial charge on any atom is 0.127 e.